The summed E-state index contributed by atoms with van der Waals surface area (Å²) in [6.07, 6.45) is -2.79. The predicted octanol–water partition coefficient (Wildman–Crippen LogP) is 1.49. The fourth-order valence-corrected chi connectivity index (χ4v) is 3.52. The number of carbonyl (C=O) groups is 1. The Bertz CT molecular complexity index is 914. The monoisotopic (exact) mass is 425 g/mol. The van der Waals surface area contributed by atoms with E-state index in [-0.39, 0.29) is 6.54 Å². The highest BCUT2D eigenvalue weighted by molar-refractivity contribution is 7.86. The molecule has 0 aliphatic carbocycles. The van der Waals surface area contributed by atoms with Gasteiger partial charge < -0.3 is 14.8 Å². The van der Waals surface area contributed by atoms with Crippen LogP contribution < -0.4 is 5.32 Å². The molecular formula is C15H19N7O6S. The SMILES string of the molecule is CO[C@@H]1O[C@H](CN=[N+]=[N-])[C@@H](OS(C)(=O)=O)[C@H](N=[N+]=[N-])[C@H]1NC(=O)c1ccccc1. The maximum Gasteiger partial charge on any atom is 0.264 e. The van der Waals surface area contributed by atoms with Crippen molar-refractivity contribution in [1.82, 2.24) is 5.32 Å². The molecule has 14 heteroatoms. The number of rotatable bonds is 8. The molecule has 29 heavy (non-hydrogen) atoms. The van der Waals surface area contributed by atoms with Gasteiger partial charge in [-0.05, 0) is 23.2 Å². The zero-order valence-electron chi connectivity index (χ0n) is 15.5. The molecule has 156 valence electrons. The van der Waals surface area contributed by atoms with Crippen LogP contribution in [0.4, 0.5) is 0 Å². The molecule has 0 radical (unpaired) electrons. The summed E-state index contributed by atoms with van der Waals surface area (Å²) >= 11 is 0. The van der Waals surface area contributed by atoms with Gasteiger partial charge in [0.05, 0.1) is 31.0 Å². The highest BCUT2D eigenvalue weighted by Gasteiger charge is 2.48. The summed E-state index contributed by atoms with van der Waals surface area (Å²) in [5.41, 5.74) is 17.9. The number of azide groups is 2. The Balaban J connectivity index is 2.42. The Morgan fingerprint density at radius 2 is 1.97 bits per heavy atom. The van der Waals surface area contributed by atoms with Crippen LogP contribution in [0, 0.1) is 0 Å². The first-order valence-electron chi connectivity index (χ1n) is 8.28. The lowest BCUT2D eigenvalue weighted by Gasteiger charge is -2.43. The lowest BCUT2D eigenvalue weighted by molar-refractivity contribution is -0.221. The summed E-state index contributed by atoms with van der Waals surface area (Å²) in [5.74, 6) is -0.522. The predicted molar refractivity (Wildman–Crippen MR) is 100 cm³/mol. The smallest absolute Gasteiger partial charge is 0.264 e. The van der Waals surface area contributed by atoms with Crippen LogP contribution in [0.2, 0.25) is 0 Å². The van der Waals surface area contributed by atoms with Crippen LogP contribution in [-0.4, -0.2) is 64.8 Å². The molecule has 0 aromatic heterocycles. The number of amides is 1. The van der Waals surface area contributed by atoms with Gasteiger partial charge in [0.2, 0.25) is 0 Å². The van der Waals surface area contributed by atoms with Gasteiger partial charge in [-0.1, -0.05) is 28.4 Å². The molecule has 2 rings (SSSR count). The van der Waals surface area contributed by atoms with Crippen molar-refractivity contribution < 1.29 is 26.9 Å². The van der Waals surface area contributed by atoms with E-state index in [9.17, 15) is 13.2 Å². The Morgan fingerprint density at radius 1 is 1.28 bits per heavy atom. The van der Waals surface area contributed by atoms with Crippen molar-refractivity contribution in [3.8, 4) is 0 Å². The van der Waals surface area contributed by atoms with E-state index >= 15 is 0 Å². The average molecular weight is 425 g/mol. The molecule has 1 fully saturated rings. The Morgan fingerprint density at radius 3 is 2.52 bits per heavy atom. The van der Waals surface area contributed by atoms with Crippen LogP contribution in [0.15, 0.2) is 40.6 Å². The molecule has 1 aliphatic rings. The highest BCUT2D eigenvalue weighted by Crippen LogP contribution is 2.28. The van der Waals surface area contributed by atoms with Gasteiger partial charge in [0.1, 0.15) is 6.10 Å². The maximum atomic E-state index is 12.6. The maximum absolute atomic E-state index is 12.6. The summed E-state index contributed by atoms with van der Waals surface area (Å²) < 4.78 is 39.4. The third-order valence-electron chi connectivity index (χ3n) is 4.03. The molecule has 1 saturated heterocycles. The molecule has 0 unspecified atom stereocenters. The van der Waals surface area contributed by atoms with Crippen LogP contribution >= 0.6 is 0 Å². The molecule has 1 aromatic rings. The Hall–Kier alpha value is -2.86. The highest BCUT2D eigenvalue weighted by atomic mass is 32.2. The quantitative estimate of drug-likeness (QED) is 0.284. The number of benzene rings is 1. The van der Waals surface area contributed by atoms with Crippen molar-refractivity contribution >= 4 is 16.0 Å². The fraction of sp³-hybridized carbons (Fsp3) is 0.533. The summed E-state index contributed by atoms with van der Waals surface area (Å²) in [4.78, 5) is 17.9. The zero-order chi connectivity index (χ0) is 21.4. The van der Waals surface area contributed by atoms with Crippen molar-refractivity contribution in [2.75, 3.05) is 19.9 Å². The summed E-state index contributed by atoms with van der Waals surface area (Å²) in [6.45, 7) is -0.312. The molecule has 1 aromatic carbocycles. The minimum Gasteiger partial charge on any atom is -0.354 e. The number of hydrogen-bond acceptors (Lipinski definition) is 8. The molecule has 13 nitrogen and oxygen atoms in total. The molecule has 5 atom stereocenters. The van der Waals surface area contributed by atoms with Gasteiger partial charge in [0, 0.05) is 22.5 Å². The van der Waals surface area contributed by atoms with E-state index < -0.39 is 46.6 Å². The van der Waals surface area contributed by atoms with E-state index in [1.165, 1.54) is 7.11 Å². The van der Waals surface area contributed by atoms with Gasteiger partial charge in [0.25, 0.3) is 16.0 Å². The van der Waals surface area contributed by atoms with Crippen molar-refractivity contribution in [3.05, 3.63) is 56.8 Å². The van der Waals surface area contributed by atoms with E-state index in [0.717, 1.165) is 6.26 Å². The van der Waals surface area contributed by atoms with Crippen molar-refractivity contribution in [2.24, 2.45) is 10.2 Å². The third kappa shape index (κ3) is 6.06. The van der Waals surface area contributed by atoms with Gasteiger partial charge in [0.15, 0.2) is 6.29 Å². The van der Waals surface area contributed by atoms with Crippen molar-refractivity contribution in [2.45, 2.75) is 30.6 Å². The lowest BCUT2D eigenvalue weighted by Crippen LogP contribution is -2.64. The van der Waals surface area contributed by atoms with E-state index in [1.807, 2.05) is 0 Å². The second-order valence-electron chi connectivity index (χ2n) is 6.02. The first-order valence-corrected chi connectivity index (χ1v) is 10.1. The van der Waals surface area contributed by atoms with Gasteiger partial charge in [-0.15, -0.1) is 0 Å². The van der Waals surface area contributed by atoms with Crippen LogP contribution in [0.5, 0.6) is 0 Å². The molecule has 0 bridgehead atoms. The Kier molecular flexibility index (Phi) is 7.79. The number of nitrogens with one attached hydrogen (secondary N) is 1. The lowest BCUT2D eigenvalue weighted by atomic mass is 9.94. The largest absolute Gasteiger partial charge is 0.354 e. The number of methoxy groups -OCH3 is 1. The van der Waals surface area contributed by atoms with Crippen molar-refractivity contribution in [3.63, 3.8) is 0 Å². The van der Waals surface area contributed by atoms with Crippen molar-refractivity contribution in [1.29, 1.82) is 0 Å². The van der Waals surface area contributed by atoms with E-state index in [0.29, 0.717) is 5.56 Å². The van der Waals surface area contributed by atoms with Gasteiger partial charge in [-0.3, -0.25) is 8.98 Å². The fourth-order valence-electron chi connectivity index (χ4n) is 2.88. The van der Waals surface area contributed by atoms with E-state index in [1.54, 1.807) is 30.3 Å². The molecule has 0 spiro atoms. The number of ether oxygens (including phenoxy) is 2. The summed E-state index contributed by atoms with van der Waals surface area (Å²) in [5, 5.41) is 9.62. The van der Waals surface area contributed by atoms with Crippen LogP contribution in [0.1, 0.15) is 10.4 Å². The van der Waals surface area contributed by atoms with E-state index in [4.69, 9.17) is 24.7 Å². The summed E-state index contributed by atoms with van der Waals surface area (Å²) in [7, 11) is -2.72. The second-order valence-corrected chi connectivity index (χ2v) is 7.62. The number of nitrogens with zero attached hydrogens (tertiary/aromatic N) is 6. The third-order valence-corrected chi connectivity index (χ3v) is 4.61. The van der Waals surface area contributed by atoms with Crippen LogP contribution in [0.3, 0.4) is 0 Å². The first-order chi connectivity index (χ1) is 13.8. The van der Waals surface area contributed by atoms with Gasteiger partial charge in [-0.2, -0.15) is 8.42 Å². The first kappa shape index (κ1) is 22.4. The number of hydrogen-bond donors (Lipinski definition) is 1. The standard InChI is InChI=1S/C15H19N7O6S/c1-26-15-12(19-14(23)9-6-4-3-5-7-9)11(20-22-17)13(28-29(2,24)25)10(27-15)8-18-21-16/h3-7,10-13,15H,8H2,1-2H3,(H,19,23)/t10-,11-,12-,13-,15-/m1/s1. The molecule has 1 N–H and O–H groups in total. The zero-order valence-corrected chi connectivity index (χ0v) is 16.3. The molecule has 0 saturated carbocycles. The number of carbonyl (C=O) groups excluding carboxylic acids is 1. The van der Waals surface area contributed by atoms with Gasteiger partial charge >= 0.3 is 0 Å². The van der Waals surface area contributed by atoms with Gasteiger partial charge in [-0.25, -0.2) is 0 Å². The molecule has 1 heterocycles. The molecule has 1 amide bonds. The van der Waals surface area contributed by atoms with Crippen LogP contribution in [0.25, 0.3) is 20.9 Å². The van der Waals surface area contributed by atoms with Crippen LogP contribution in [-0.2, 0) is 23.8 Å². The average Bonchev–Trinajstić information content (AvgIpc) is 2.69. The minimum atomic E-state index is -4.01. The minimum absolute atomic E-state index is 0.312. The topological polar surface area (TPSA) is 188 Å². The molecule has 1 aliphatic heterocycles. The summed E-state index contributed by atoms with van der Waals surface area (Å²) in [6, 6.07) is 5.87. The normalized spacial score (nSPS) is 26.6. The molecular weight excluding hydrogens is 406 g/mol. The Labute approximate surface area is 166 Å². The van der Waals surface area contributed by atoms with E-state index in [2.05, 4.69) is 25.4 Å². The second kappa shape index (κ2) is 10.1.